The maximum atomic E-state index is 8.25. The van der Waals surface area contributed by atoms with E-state index in [1.165, 1.54) is 0 Å². The summed E-state index contributed by atoms with van der Waals surface area (Å²) in [5, 5.41) is 16.5. The Morgan fingerprint density at radius 2 is 1.11 bits per heavy atom. The van der Waals surface area contributed by atoms with Crippen molar-refractivity contribution >= 4 is 34.1 Å². The zero-order valence-electron chi connectivity index (χ0n) is 5.29. The monoisotopic (exact) mass is 240 g/mol. The Balaban J connectivity index is -0.0000000600. The fourth-order valence-electron chi connectivity index (χ4n) is 0. The van der Waals surface area contributed by atoms with Gasteiger partial charge in [0.15, 0.2) is 0 Å². The molecule has 0 fully saturated rings. The van der Waals surface area contributed by atoms with Crippen LogP contribution in [0.25, 0.3) is 0 Å². The van der Waals surface area contributed by atoms with E-state index in [9.17, 15) is 0 Å². The van der Waals surface area contributed by atoms with E-state index in [1.807, 2.05) is 0 Å². The molecule has 0 atom stereocenters. The number of carbonyl (C=O) groups is 2. The molecule has 0 aromatic heterocycles. The molecule has 0 saturated heterocycles. The first kappa shape index (κ1) is 15.9. The van der Waals surface area contributed by atoms with Crippen molar-refractivity contribution < 1.29 is 19.8 Å². The molecule has 0 aliphatic heterocycles. The van der Waals surface area contributed by atoms with Crippen LogP contribution in [-0.4, -0.2) is 34.1 Å². The van der Waals surface area contributed by atoms with Gasteiger partial charge in [0.25, 0.3) is 0 Å². The van der Waals surface area contributed by atoms with E-state index >= 15 is 0 Å². The van der Waals surface area contributed by atoms with Gasteiger partial charge in [-0.25, -0.2) is 0 Å². The Labute approximate surface area is 64.1 Å². The van der Waals surface area contributed by atoms with Gasteiger partial charge in [-0.05, 0) is 0 Å². The molecular formula is C4H8O4Sn. The normalized spacial score (nSPS) is 3.78. The van der Waals surface area contributed by atoms with Crippen molar-refractivity contribution in [2.24, 2.45) is 0 Å². The topological polar surface area (TPSA) is 80.3 Å². The quantitative estimate of drug-likeness (QED) is 0.346. The van der Waals surface area contributed by atoms with Crippen LogP contribution in [0, 0.1) is 0 Å². The molecule has 0 rings (SSSR count). The first-order valence-corrected chi connectivity index (χ1v) is 7.65. The second kappa shape index (κ2) is 46.9. The molecule has 0 aliphatic carbocycles. The van der Waals surface area contributed by atoms with Gasteiger partial charge in [0, 0.05) is 12.9 Å². The summed E-state index contributed by atoms with van der Waals surface area (Å²) in [6.07, 6.45) is 0. The standard InChI is InChI=1S/2CH2O2.2CH3.Sn/c2*2-1-3;;;/h2*1H,(H,2,3);2*1H3;/q;;;;+2/p-2. The number of hydrogen-bond acceptors (Lipinski definition) is 4. The van der Waals surface area contributed by atoms with Gasteiger partial charge in [0.1, 0.15) is 0 Å². The summed E-state index contributed by atoms with van der Waals surface area (Å²) in [5.41, 5.74) is 0. The molecule has 0 aliphatic rings. The van der Waals surface area contributed by atoms with E-state index in [2.05, 4.69) is 9.88 Å². The van der Waals surface area contributed by atoms with Crippen molar-refractivity contribution in [3.63, 3.8) is 0 Å². The summed E-state index contributed by atoms with van der Waals surface area (Å²) in [5.74, 6) is 0. The van der Waals surface area contributed by atoms with Crippen LogP contribution in [0.4, 0.5) is 0 Å². The minimum absolute atomic E-state index is 0.230. The minimum atomic E-state index is -0.500. The van der Waals surface area contributed by atoms with Crippen molar-refractivity contribution in [3.05, 3.63) is 0 Å². The molecule has 5 heteroatoms. The van der Waals surface area contributed by atoms with Gasteiger partial charge in [-0.2, -0.15) is 0 Å². The molecule has 9 heavy (non-hydrogen) atoms. The van der Waals surface area contributed by atoms with Gasteiger partial charge in [-0.3, -0.25) is 0 Å². The predicted octanol–water partition coefficient (Wildman–Crippen LogP) is -2.48. The Morgan fingerprint density at radius 1 is 1.11 bits per heavy atom. The molecule has 0 spiro atoms. The zero-order valence-corrected chi connectivity index (χ0v) is 8.14. The van der Waals surface area contributed by atoms with Crippen molar-refractivity contribution in [3.8, 4) is 0 Å². The Morgan fingerprint density at radius 3 is 1.11 bits per heavy atom. The van der Waals surface area contributed by atoms with Gasteiger partial charge in [0.05, 0.1) is 0 Å². The third-order valence-electron chi connectivity index (χ3n) is 0. The summed E-state index contributed by atoms with van der Waals surface area (Å²) in [6, 6.07) is 0. The molecule has 0 saturated carbocycles. The zero-order chi connectivity index (χ0) is 8.12. The SMILES string of the molecule is O=C[O-].O=C[O-].[CH3][Sn+2][CH3]. The van der Waals surface area contributed by atoms with Crippen LogP contribution >= 0.6 is 0 Å². The van der Waals surface area contributed by atoms with E-state index in [4.69, 9.17) is 19.8 Å². The summed E-state index contributed by atoms with van der Waals surface area (Å²) in [4.78, 5) is 21.1. The molecule has 0 aromatic rings. The van der Waals surface area contributed by atoms with E-state index < -0.39 is 12.9 Å². The Hall–Kier alpha value is -0.261. The summed E-state index contributed by atoms with van der Waals surface area (Å²) >= 11 is 0.230. The van der Waals surface area contributed by atoms with Crippen molar-refractivity contribution in [2.75, 3.05) is 0 Å². The molecule has 0 N–H and O–H groups in total. The van der Waals surface area contributed by atoms with E-state index in [1.54, 1.807) is 0 Å². The number of carboxylic acid groups (broad SMARTS) is 2. The summed E-state index contributed by atoms with van der Waals surface area (Å²) in [7, 11) is 0. The third kappa shape index (κ3) is 3730. The van der Waals surface area contributed by atoms with E-state index in [0.717, 1.165) is 0 Å². The molecule has 4 nitrogen and oxygen atoms in total. The average molecular weight is 239 g/mol. The number of rotatable bonds is 0. The fraction of sp³-hybridized carbons (Fsp3) is 0.500. The van der Waals surface area contributed by atoms with Gasteiger partial charge in [0.2, 0.25) is 0 Å². The van der Waals surface area contributed by atoms with E-state index in [0.29, 0.717) is 0 Å². The van der Waals surface area contributed by atoms with Crippen LogP contribution in [0.3, 0.4) is 0 Å². The van der Waals surface area contributed by atoms with Crippen molar-refractivity contribution in [1.82, 2.24) is 0 Å². The summed E-state index contributed by atoms with van der Waals surface area (Å²) in [6.45, 7) is -1.00. The second-order valence-corrected chi connectivity index (χ2v) is 3.55. The average Bonchev–Trinajstić information content (AvgIpc) is 1.70. The molecular weight excluding hydrogens is 231 g/mol. The molecule has 0 unspecified atom stereocenters. The Kier molecular flexibility index (Phi) is 82.7. The van der Waals surface area contributed by atoms with Crippen LogP contribution in [0.2, 0.25) is 9.88 Å². The first-order chi connectivity index (χ1) is 4.24. The van der Waals surface area contributed by atoms with Crippen LogP contribution in [0.15, 0.2) is 0 Å². The van der Waals surface area contributed by atoms with Crippen molar-refractivity contribution in [2.45, 2.75) is 9.88 Å². The van der Waals surface area contributed by atoms with Crippen LogP contribution in [-0.2, 0) is 9.59 Å². The molecule has 0 radical (unpaired) electrons. The van der Waals surface area contributed by atoms with Gasteiger partial charge < -0.3 is 19.8 Å². The Bertz CT molecular complexity index is 41.8. The van der Waals surface area contributed by atoms with Gasteiger partial charge >= 0.3 is 31.0 Å². The predicted molar refractivity (Wildman–Crippen MR) is 29.6 cm³/mol. The van der Waals surface area contributed by atoms with Gasteiger partial charge in [-0.1, -0.05) is 0 Å². The number of carbonyl (C=O) groups excluding carboxylic acids is 2. The summed E-state index contributed by atoms with van der Waals surface area (Å²) < 4.78 is 0. The van der Waals surface area contributed by atoms with Crippen molar-refractivity contribution in [1.29, 1.82) is 0 Å². The molecule has 0 bridgehead atoms. The van der Waals surface area contributed by atoms with Crippen LogP contribution in [0.5, 0.6) is 0 Å². The molecule has 52 valence electrons. The van der Waals surface area contributed by atoms with Crippen LogP contribution < -0.4 is 10.2 Å². The van der Waals surface area contributed by atoms with Gasteiger partial charge in [-0.15, -0.1) is 0 Å². The fourth-order valence-corrected chi connectivity index (χ4v) is 0. The molecule has 0 heterocycles. The molecule has 0 aromatic carbocycles. The third-order valence-corrected chi connectivity index (χ3v) is 0. The molecule has 0 amide bonds. The van der Waals surface area contributed by atoms with E-state index in [-0.39, 0.29) is 21.1 Å². The first-order valence-electron chi connectivity index (χ1n) is 1.94. The van der Waals surface area contributed by atoms with Crippen LogP contribution in [0.1, 0.15) is 0 Å². The maximum absolute atomic E-state index is 8.25. The number of hydrogen-bond donors (Lipinski definition) is 0. The second-order valence-electron chi connectivity index (χ2n) is 0.692.